The highest BCUT2D eigenvalue weighted by atomic mass is 31.1. The summed E-state index contributed by atoms with van der Waals surface area (Å²) in [4.78, 5) is 0. The Kier molecular flexibility index (Phi) is 9.64. The van der Waals surface area contributed by atoms with Crippen LogP contribution in [0.1, 0.15) is 75.6 Å². The van der Waals surface area contributed by atoms with Gasteiger partial charge in [-0.2, -0.15) is 0 Å². The fraction of sp³-hybridized carbons (Fsp3) is 0.500. The van der Waals surface area contributed by atoms with E-state index >= 15 is 0 Å². The molecule has 0 fully saturated rings. The van der Waals surface area contributed by atoms with Crippen molar-refractivity contribution in [2.24, 2.45) is 0 Å². The van der Waals surface area contributed by atoms with Gasteiger partial charge in [0.25, 0.3) is 0 Å². The number of hydrogen-bond acceptors (Lipinski definition) is 3. The van der Waals surface area contributed by atoms with Crippen LogP contribution in [0.2, 0.25) is 0 Å². The van der Waals surface area contributed by atoms with Gasteiger partial charge in [0, 0.05) is 0 Å². The van der Waals surface area contributed by atoms with Crippen LogP contribution in [-0.4, -0.2) is 0 Å². The van der Waals surface area contributed by atoms with Crippen molar-refractivity contribution in [3.63, 3.8) is 0 Å². The molecule has 4 heteroatoms. The van der Waals surface area contributed by atoms with Crippen molar-refractivity contribution in [3.05, 3.63) is 58.7 Å². The van der Waals surface area contributed by atoms with E-state index in [2.05, 4.69) is 52.0 Å². The first-order valence-electron chi connectivity index (χ1n) is 10.7. The highest BCUT2D eigenvalue weighted by molar-refractivity contribution is 7.34. The molecule has 0 aliphatic carbocycles. The molecule has 3 nitrogen and oxygen atoms in total. The van der Waals surface area contributed by atoms with Crippen LogP contribution in [0.4, 0.5) is 0 Å². The van der Waals surface area contributed by atoms with Gasteiger partial charge in [-0.1, -0.05) is 77.6 Å². The summed E-state index contributed by atoms with van der Waals surface area (Å²) < 4.78 is 24.5. The summed E-state index contributed by atoms with van der Waals surface area (Å²) in [6, 6.07) is 12.6. The predicted octanol–water partition coefficient (Wildman–Crippen LogP) is 7.34. The summed E-state index contributed by atoms with van der Waals surface area (Å²) in [6.07, 6.45) is 7.98. The Balaban J connectivity index is 2.21. The van der Waals surface area contributed by atoms with E-state index in [4.69, 9.17) is 9.05 Å². The van der Waals surface area contributed by atoms with Gasteiger partial charge in [-0.3, -0.25) is 0 Å². The molecule has 0 aromatic heterocycles. The molecule has 0 bridgehead atoms. The topological polar surface area (TPSA) is 35.5 Å². The van der Waals surface area contributed by atoms with Crippen LogP contribution in [0.15, 0.2) is 36.4 Å². The van der Waals surface area contributed by atoms with E-state index in [1.165, 1.54) is 11.1 Å². The monoisotopic (exact) mass is 402 g/mol. The molecule has 0 aliphatic rings. The first-order chi connectivity index (χ1) is 13.6. The molecule has 2 rings (SSSR count). The first kappa shape index (κ1) is 22.6. The molecule has 2 aromatic carbocycles. The minimum atomic E-state index is -2.69. The molecule has 2 aromatic rings. The predicted molar refractivity (Wildman–Crippen MR) is 119 cm³/mol. The molecule has 28 heavy (non-hydrogen) atoms. The number of aryl methyl sites for hydroxylation is 4. The summed E-state index contributed by atoms with van der Waals surface area (Å²) in [5.74, 6) is 1.41. The third-order valence-electron chi connectivity index (χ3n) is 4.77. The highest BCUT2D eigenvalue weighted by Crippen LogP contribution is 2.36. The van der Waals surface area contributed by atoms with Gasteiger partial charge in [-0.15, -0.1) is 0 Å². The van der Waals surface area contributed by atoms with E-state index in [-0.39, 0.29) is 0 Å². The van der Waals surface area contributed by atoms with Gasteiger partial charge in [0.1, 0.15) is 11.5 Å². The lowest BCUT2D eigenvalue weighted by Gasteiger charge is -2.15. The van der Waals surface area contributed by atoms with Crippen molar-refractivity contribution < 1.29 is 13.6 Å². The fourth-order valence-electron chi connectivity index (χ4n) is 3.43. The van der Waals surface area contributed by atoms with Gasteiger partial charge in [0.15, 0.2) is 0 Å². The maximum atomic E-state index is 12.8. The van der Waals surface area contributed by atoms with E-state index in [0.29, 0.717) is 11.5 Å². The average molecular weight is 403 g/mol. The largest absolute Gasteiger partial charge is 0.418 e. The van der Waals surface area contributed by atoms with Crippen LogP contribution in [-0.2, 0) is 30.2 Å². The van der Waals surface area contributed by atoms with E-state index in [0.717, 1.165) is 62.5 Å². The fourth-order valence-corrected chi connectivity index (χ4v) is 4.21. The summed E-state index contributed by atoms with van der Waals surface area (Å²) in [6.45, 7) is 8.59. The van der Waals surface area contributed by atoms with Gasteiger partial charge >= 0.3 is 8.25 Å². The smallest absolute Gasteiger partial charge is 0.418 e. The molecule has 0 amide bonds. The van der Waals surface area contributed by atoms with Crippen LogP contribution in [0, 0.1) is 0 Å². The molecular formula is C24H35O3P. The van der Waals surface area contributed by atoms with Crippen LogP contribution < -0.4 is 9.05 Å². The number of rotatable bonds is 12. The molecule has 0 N–H and O–H groups in total. The maximum absolute atomic E-state index is 12.8. The van der Waals surface area contributed by atoms with E-state index in [1.54, 1.807) is 0 Å². The van der Waals surface area contributed by atoms with E-state index < -0.39 is 8.25 Å². The zero-order chi connectivity index (χ0) is 20.4. The SMILES string of the molecule is CCCc1ccc(CCC)c(O[PH](=O)Oc2cc(CCC)ccc2CCC)c1. The Morgan fingerprint density at radius 1 is 0.643 bits per heavy atom. The molecule has 0 atom stereocenters. The quantitative estimate of drug-likeness (QED) is 0.348. The highest BCUT2D eigenvalue weighted by Gasteiger charge is 2.13. The standard InChI is InChI=1S/C24H35O3P/c1-5-9-19-13-15-21(11-7-3)23(17-19)26-28(25)27-24-18-20(10-6-2)14-16-22(24)12-8-4/h13-18,28H,5-12H2,1-4H3. The Bertz CT molecular complexity index is 707. The summed E-state index contributed by atoms with van der Waals surface area (Å²) >= 11 is 0. The van der Waals surface area contributed by atoms with Crippen LogP contribution in [0.25, 0.3) is 0 Å². The number of benzene rings is 2. The van der Waals surface area contributed by atoms with Crippen molar-refractivity contribution in [2.45, 2.75) is 79.1 Å². The number of hydrogen-bond donors (Lipinski definition) is 0. The second-order valence-electron chi connectivity index (χ2n) is 7.34. The van der Waals surface area contributed by atoms with Crippen molar-refractivity contribution in [2.75, 3.05) is 0 Å². The minimum Gasteiger partial charge on any atom is -0.418 e. The molecule has 0 radical (unpaired) electrons. The molecule has 0 saturated carbocycles. The minimum absolute atomic E-state index is 0.707. The molecule has 0 heterocycles. The van der Waals surface area contributed by atoms with Crippen LogP contribution >= 0.6 is 8.25 Å². The van der Waals surface area contributed by atoms with Crippen molar-refractivity contribution >= 4 is 8.25 Å². The van der Waals surface area contributed by atoms with Gasteiger partial charge in [-0.25, -0.2) is 4.57 Å². The molecule has 0 saturated heterocycles. The third-order valence-corrected chi connectivity index (χ3v) is 5.54. The average Bonchev–Trinajstić information content (AvgIpc) is 2.66. The van der Waals surface area contributed by atoms with E-state index in [1.807, 2.05) is 12.1 Å². The van der Waals surface area contributed by atoms with Crippen molar-refractivity contribution in [3.8, 4) is 11.5 Å². The summed E-state index contributed by atoms with van der Waals surface area (Å²) in [5.41, 5.74) is 4.61. The second kappa shape index (κ2) is 12.0. The van der Waals surface area contributed by atoms with Gasteiger partial charge in [0.2, 0.25) is 0 Å². The van der Waals surface area contributed by atoms with Gasteiger partial charge in [-0.05, 0) is 60.1 Å². The van der Waals surface area contributed by atoms with Crippen molar-refractivity contribution in [1.29, 1.82) is 0 Å². The molecule has 0 aliphatic heterocycles. The Hall–Kier alpha value is -1.73. The third kappa shape index (κ3) is 6.71. The molecule has 0 spiro atoms. The lowest BCUT2D eigenvalue weighted by Crippen LogP contribution is -1.98. The Morgan fingerprint density at radius 3 is 1.39 bits per heavy atom. The molecular weight excluding hydrogens is 367 g/mol. The molecule has 154 valence electrons. The normalized spacial score (nSPS) is 11.0. The maximum Gasteiger partial charge on any atom is 0.418 e. The van der Waals surface area contributed by atoms with Crippen molar-refractivity contribution in [1.82, 2.24) is 0 Å². The van der Waals surface area contributed by atoms with Gasteiger partial charge < -0.3 is 9.05 Å². The molecule has 0 unspecified atom stereocenters. The zero-order valence-electron chi connectivity index (χ0n) is 17.8. The Labute approximate surface area is 171 Å². The summed E-state index contributed by atoms with van der Waals surface area (Å²) in [7, 11) is -2.69. The lowest BCUT2D eigenvalue weighted by atomic mass is 10.0. The first-order valence-corrected chi connectivity index (χ1v) is 12.0. The summed E-state index contributed by atoms with van der Waals surface area (Å²) in [5, 5.41) is 0. The van der Waals surface area contributed by atoms with Gasteiger partial charge in [0.05, 0.1) is 0 Å². The zero-order valence-corrected chi connectivity index (χ0v) is 18.8. The van der Waals surface area contributed by atoms with Crippen LogP contribution in [0.5, 0.6) is 11.5 Å². The Morgan fingerprint density at radius 2 is 1.04 bits per heavy atom. The van der Waals surface area contributed by atoms with E-state index in [9.17, 15) is 4.57 Å². The van der Waals surface area contributed by atoms with Crippen LogP contribution in [0.3, 0.4) is 0 Å². The second-order valence-corrected chi connectivity index (χ2v) is 8.25. The lowest BCUT2D eigenvalue weighted by molar-refractivity contribution is 0.411.